The van der Waals surface area contributed by atoms with E-state index >= 15 is 0 Å². The second-order valence-electron chi connectivity index (χ2n) is 7.31. The van der Waals surface area contributed by atoms with Crippen molar-refractivity contribution in [2.24, 2.45) is 0 Å². The van der Waals surface area contributed by atoms with Gasteiger partial charge in [-0.1, -0.05) is 11.6 Å². The largest absolute Gasteiger partial charge is 0.456 e. The molecule has 0 amide bonds. The molecule has 30 heavy (non-hydrogen) atoms. The van der Waals surface area contributed by atoms with E-state index in [-0.39, 0.29) is 24.9 Å². The number of aryl methyl sites for hydroxylation is 1. The molecule has 2 aliphatic heterocycles. The first-order valence-electron chi connectivity index (χ1n) is 9.43. The zero-order valence-electron chi connectivity index (χ0n) is 15.7. The molecular formula is C19H16ClN5O4S. The van der Waals surface area contributed by atoms with Crippen molar-refractivity contribution in [2.75, 3.05) is 13.2 Å². The van der Waals surface area contributed by atoms with Crippen molar-refractivity contribution in [3.05, 3.63) is 29.0 Å². The predicted molar refractivity (Wildman–Crippen MR) is 110 cm³/mol. The van der Waals surface area contributed by atoms with Crippen LogP contribution in [0.3, 0.4) is 0 Å². The molecule has 2 saturated heterocycles. The number of aromatic amines is 1. The lowest BCUT2D eigenvalue weighted by atomic mass is 10.1. The fraction of sp³-hybridized carbons (Fsp3) is 0.368. The molecule has 6 heterocycles. The summed E-state index contributed by atoms with van der Waals surface area (Å²) in [6.45, 7) is 2.49. The number of nitrogens with one attached hydrogen (secondary N) is 1. The summed E-state index contributed by atoms with van der Waals surface area (Å²) in [6.07, 6.45) is 0.0901. The standard InChI is InChI=1S/C19H16ClN5O4S/c1-7-13-12(2-3-21-7)30-18(24-13)14-8(20)4-9-17(23-14)25-19(22-9)29-11-6-28-15-10(26)5-27-16(11)15/h2-4,10-11,15-16,26H,5-6H2,1H3,(H,22,23,25). The van der Waals surface area contributed by atoms with Gasteiger partial charge in [-0.15, -0.1) is 11.3 Å². The molecular weight excluding hydrogens is 430 g/mol. The molecule has 9 nitrogen and oxygen atoms in total. The smallest absolute Gasteiger partial charge is 0.296 e. The quantitative estimate of drug-likeness (QED) is 0.494. The Balaban J connectivity index is 1.33. The van der Waals surface area contributed by atoms with Crippen LogP contribution in [0.2, 0.25) is 5.02 Å². The number of aromatic nitrogens is 5. The van der Waals surface area contributed by atoms with Crippen LogP contribution in [0.15, 0.2) is 18.3 Å². The average molecular weight is 446 g/mol. The molecule has 0 radical (unpaired) electrons. The number of hydrogen-bond acceptors (Lipinski definition) is 9. The minimum Gasteiger partial charge on any atom is -0.456 e. The fourth-order valence-electron chi connectivity index (χ4n) is 3.87. The maximum absolute atomic E-state index is 9.87. The SMILES string of the molecule is Cc1nccc2sc(-c3nc4nc(OC5COC6C(O)COC56)[nH]c4cc3Cl)nc12. The number of hydrogen-bond donors (Lipinski definition) is 2. The summed E-state index contributed by atoms with van der Waals surface area (Å²) in [6, 6.07) is 3.99. The average Bonchev–Trinajstić information content (AvgIpc) is 3.47. The van der Waals surface area contributed by atoms with Gasteiger partial charge in [0.2, 0.25) is 0 Å². The van der Waals surface area contributed by atoms with Gasteiger partial charge in [-0.25, -0.2) is 9.97 Å². The van der Waals surface area contributed by atoms with Crippen molar-refractivity contribution < 1.29 is 19.3 Å². The highest BCUT2D eigenvalue weighted by molar-refractivity contribution is 7.21. The van der Waals surface area contributed by atoms with Gasteiger partial charge in [-0.2, -0.15) is 4.98 Å². The number of halogens is 1. The monoisotopic (exact) mass is 445 g/mol. The van der Waals surface area contributed by atoms with Crippen LogP contribution < -0.4 is 4.74 Å². The van der Waals surface area contributed by atoms with Crippen LogP contribution in [0.1, 0.15) is 5.69 Å². The van der Waals surface area contributed by atoms with E-state index in [4.69, 9.17) is 25.8 Å². The van der Waals surface area contributed by atoms with Gasteiger partial charge >= 0.3 is 0 Å². The molecule has 2 fully saturated rings. The lowest BCUT2D eigenvalue weighted by Crippen LogP contribution is -2.34. The Morgan fingerprint density at radius 2 is 2.10 bits per heavy atom. The third-order valence-electron chi connectivity index (χ3n) is 5.34. The number of imidazole rings is 1. The van der Waals surface area contributed by atoms with Crippen LogP contribution in [-0.4, -0.2) is 67.7 Å². The van der Waals surface area contributed by atoms with Gasteiger partial charge < -0.3 is 24.3 Å². The third kappa shape index (κ3) is 2.87. The third-order valence-corrected chi connectivity index (χ3v) is 6.66. The summed E-state index contributed by atoms with van der Waals surface area (Å²) >= 11 is 8.01. The maximum atomic E-state index is 9.87. The molecule has 6 rings (SSSR count). The minimum absolute atomic E-state index is 0.243. The summed E-state index contributed by atoms with van der Waals surface area (Å²) in [5.74, 6) is 0. The summed E-state index contributed by atoms with van der Waals surface area (Å²) < 4.78 is 18.1. The number of aliphatic hydroxyl groups is 1. The van der Waals surface area contributed by atoms with Crippen molar-refractivity contribution >= 4 is 44.3 Å². The Morgan fingerprint density at radius 3 is 2.97 bits per heavy atom. The number of rotatable bonds is 3. The van der Waals surface area contributed by atoms with E-state index in [1.54, 1.807) is 12.3 Å². The second-order valence-corrected chi connectivity index (χ2v) is 8.75. The molecule has 0 aromatic carbocycles. The molecule has 4 aromatic rings. The maximum Gasteiger partial charge on any atom is 0.296 e. The highest BCUT2D eigenvalue weighted by Crippen LogP contribution is 2.35. The predicted octanol–water partition coefficient (Wildman–Crippen LogP) is 2.50. The van der Waals surface area contributed by atoms with Gasteiger partial charge in [0.25, 0.3) is 6.01 Å². The van der Waals surface area contributed by atoms with Crippen LogP contribution in [0.4, 0.5) is 0 Å². The van der Waals surface area contributed by atoms with Crippen molar-refractivity contribution in [2.45, 2.75) is 31.3 Å². The first kappa shape index (κ1) is 18.4. The van der Waals surface area contributed by atoms with Crippen LogP contribution >= 0.6 is 22.9 Å². The molecule has 0 spiro atoms. The molecule has 0 saturated carbocycles. The van der Waals surface area contributed by atoms with Crippen LogP contribution in [0.25, 0.3) is 32.1 Å². The van der Waals surface area contributed by atoms with Crippen molar-refractivity contribution in [1.29, 1.82) is 0 Å². The highest BCUT2D eigenvalue weighted by Gasteiger charge is 2.48. The Hall–Kier alpha value is -2.37. The molecule has 0 aliphatic carbocycles. The number of aliphatic hydroxyl groups excluding tert-OH is 1. The number of fused-ring (bicyclic) bond motifs is 3. The van der Waals surface area contributed by atoms with Crippen molar-refractivity contribution in [3.8, 4) is 16.7 Å². The topological polar surface area (TPSA) is 115 Å². The van der Waals surface area contributed by atoms with E-state index in [9.17, 15) is 5.11 Å². The van der Waals surface area contributed by atoms with Gasteiger partial charge in [0.05, 0.1) is 34.1 Å². The Labute approximate surface area is 179 Å². The lowest BCUT2D eigenvalue weighted by molar-refractivity contribution is 0.00706. The molecule has 4 unspecified atom stereocenters. The van der Waals surface area contributed by atoms with Crippen molar-refractivity contribution in [1.82, 2.24) is 24.9 Å². The second kappa shape index (κ2) is 6.82. The number of thiazole rings is 1. The van der Waals surface area contributed by atoms with E-state index < -0.39 is 6.10 Å². The summed E-state index contributed by atoms with van der Waals surface area (Å²) in [5.41, 5.74) is 3.39. The Morgan fingerprint density at radius 1 is 1.23 bits per heavy atom. The Kier molecular flexibility index (Phi) is 4.19. The van der Waals surface area contributed by atoms with Gasteiger partial charge in [-0.3, -0.25) is 4.98 Å². The Bertz CT molecular complexity index is 1280. The van der Waals surface area contributed by atoms with Crippen LogP contribution in [-0.2, 0) is 9.47 Å². The van der Waals surface area contributed by atoms with E-state index in [1.165, 1.54) is 11.3 Å². The lowest BCUT2D eigenvalue weighted by Gasteiger charge is -2.15. The molecule has 4 aromatic heterocycles. The minimum atomic E-state index is -0.630. The molecule has 2 aliphatic rings. The zero-order chi connectivity index (χ0) is 20.4. The number of H-pyrrole nitrogens is 1. The fourth-order valence-corrected chi connectivity index (χ4v) is 5.19. The van der Waals surface area contributed by atoms with Crippen molar-refractivity contribution in [3.63, 3.8) is 0 Å². The van der Waals surface area contributed by atoms with Crippen LogP contribution in [0.5, 0.6) is 6.01 Å². The molecule has 11 heteroatoms. The normalized spacial score (nSPS) is 26.0. The van der Waals surface area contributed by atoms with E-state index in [0.29, 0.717) is 39.5 Å². The summed E-state index contributed by atoms with van der Waals surface area (Å²) in [7, 11) is 0. The van der Waals surface area contributed by atoms with Gasteiger partial charge in [0.15, 0.2) is 11.8 Å². The van der Waals surface area contributed by atoms with E-state index in [2.05, 4.69) is 24.9 Å². The van der Waals surface area contributed by atoms with E-state index in [0.717, 1.165) is 15.9 Å². The number of nitrogens with zero attached hydrogens (tertiary/aromatic N) is 4. The molecule has 0 bridgehead atoms. The number of ether oxygens (including phenoxy) is 3. The van der Waals surface area contributed by atoms with Gasteiger partial charge in [0.1, 0.15) is 34.5 Å². The highest BCUT2D eigenvalue weighted by atomic mass is 35.5. The zero-order valence-corrected chi connectivity index (χ0v) is 17.3. The van der Waals surface area contributed by atoms with Gasteiger partial charge in [-0.05, 0) is 19.1 Å². The first-order chi connectivity index (χ1) is 14.6. The number of pyridine rings is 2. The van der Waals surface area contributed by atoms with Crippen LogP contribution in [0, 0.1) is 6.92 Å². The summed E-state index contributed by atoms with van der Waals surface area (Å²) in [4.78, 5) is 21.1. The van der Waals surface area contributed by atoms with Gasteiger partial charge in [0, 0.05) is 6.20 Å². The van der Waals surface area contributed by atoms with E-state index in [1.807, 2.05) is 13.0 Å². The first-order valence-corrected chi connectivity index (χ1v) is 10.6. The molecule has 2 N–H and O–H groups in total. The molecule has 154 valence electrons. The molecule has 4 atom stereocenters. The summed E-state index contributed by atoms with van der Waals surface area (Å²) in [5, 5.41) is 11.0.